The third kappa shape index (κ3) is 22.4. The molecule has 72 valence electrons. The summed E-state index contributed by atoms with van der Waals surface area (Å²) in [6.07, 6.45) is 0. The Bertz CT molecular complexity index is 85.4. The third-order valence-corrected chi connectivity index (χ3v) is 2.60. The van der Waals surface area contributed by atoms with Crippen LogP contribution in [0, 0.1) is 0 Å². The molecular weight excluding hydrogens is 163 g/mol. The monoisotopic (exact) mass is 186 g/mol. The summed E-state index contributed by atoms with van der Waals surface area (Å²) in [4.78, 5) is 0. The zero-order chi connectivity index (χ0) is 10.4. The molecule has 2 heteroatoms. The van der Waals surface area contributed by atoms with Gasteiger partial charge < -0.3 is 5.11 Å². The van der Waals surface area contributed by atoms with Gasteiger partial charge in [0.05, 0.1) is 0 Å². The van der Waals surface area contributed by atoms with Gasteiger partial charge in [-0.15, -0.1) is 6.61 Å². The summed E-state index contributed by atoms with van der Waals surface area (Å²) >= 11 is 0.569. The van der Waals surface area contributed by atoms with E-state index in [0.717, 1.165) is 0 Å². The summed E-state index contributed by atoms with van der Waals surface area (Å²) in [7, 11) is 0. The summed E-state index contributed by atoms with van der Waals surface area (Å²) in [5.41, 5.74) is 0. The number of rotatable bonds is 0. The molecule has 0 aliphatic carbocycles. The fraction of sp³-hybridized carbons (Fsp3) is 1.00. The van der Waals surface area contributed by atoms with Crippen molar-refractivity contribution in [1.82, 2.24) is 0 Å². The first-order valence-corrected chi connectivity index (χ1v) is 5.73. The molecule has 0 fully saturated rings. The topological polar surface area (TPSA) is 23.1 Å². The average Bonchev–Trinajstić information content (AvgIpc) is 1.53. The maximum atomic E-state index is 8.93. The Morgan fingerprint density at radius 2 is 1.08 bits per heavy atom. The summed E-state index contributed by atoms with van der Waals surface area (Å²) < 4.78 is 1.14. The van der Waals surface area contributed by atoms with Gasteiger partial charge in [0, 0.05) is 0 Å². The van der Waals surface area contributed by atoms with Crippen LogP contribution >= 0.6 is 0 Å². The second kappa shape index (κ2) is 6.02. The molecule has 0 rings (SSSR count). The van der Waals surface area contributed by atoms with Gasteiger partial charge in [-0.2, -0.15) is 0 Å². The van der Waals surface area contributed by atoms with Gasteiger partial charge in [0.15, 0.2) is 0 Å². The molecule has 0 spiro atoms. The third-order valence-electron chi connectivity index (χ3n) is 0.866. The Hall–Kier alpha value is 0.492. The first-order chi connectivity index (χ1) is 5.12. The van der Waals surface area contributed by atoms with Crippen molar-refractivity contribution in [2.45, 2.75) is 57.0 Å². The molecule has 0 saturated carbocycles. The van der Waals surface area contributed by atoms with Gasteiger partial charge in [0.1, 0.15) is 0 Å². The van der Waals surface area contributed by atoms with Crippen LogP contribution in [0.15, 0.2) is 0 Å². The molecule has 1 nitrogen and oxygen atoms in total. The van der Waals surface area contributed by atoms with Crippen LogP contribution in [0.3, 0.4) is 0 Å². The van der Waals surface area contributed by atoms with Crippen LogP contribution in [-0.2, 0) is 0 Å². The van der Waals surface area contributed by atoms with Gasteiger partial charge in [0.2, 0.25) is 0 Å². The van der Waals surface area contributed by atoms with Gasteiger partial charge in [-0.25, -0.2) is 0 Å². The van der Waals surface area contributed by atoms with E-state index in [4.69, 9.17) is 5.11 Å². The minimum atomic E-state index is 0. The van der Waals surface area contributed by atoms with Crippen LogP contribution in [0.2, 0.25) is 8.55 Å². The van der Waals surface area contributed by atoms with E-state index < -0.39 is 0 Å². The van der Waals surface area contributed by atoms with Crippen molar-refractivity contribution in [2.75, 3.05) is 6.61 Å². The zero-order valence-corrected chi connectivity index (χ0v) is 10.8. The van der Waals surface area contributed by atoms with Crippen LogP contribution in [0.5, 0.6) is 0 Å². The molecule has 0 aromatic carbocycles. The number of hydrogen-bond donors (Lipinski definition) is 0. The molecule has 0 saturated heterocycles. The van der Waals surface area contributed by atoms with Gasteiger partial charge in [0.25, 0.3) is 0 Å². The first kappa shape index (κ1) is 15.0. The molecule has 12 heavy (non-hydrogen) atoms. The van der Waals surface area contributed by atoms with E-state index in [9.17, 15) is 0 Å². The molecule has 0 bridgehead atoms. The molecule has 0 atom stereocenters. The molecule has 0 aromatic heterocycles. The van der Waals surface area contributed by atoms with Crippen LogP contribution in [-0.4, -0.2) is 21.8 Å². The van der Waals surface area contributed by atoms with Crippen molar-refractivity contribution in [1.29, 1.82) is 0 Å². The van der Waals surface area contributed by atoms with Crippen LogP contribution in [0.1, 0.15) is 48.5 Å². The molecule has 0 unspecified atom stereocenters. The Morgan fingerprint density at radius 3 is 1.08 bits per heavy atom. The minimum absolute atomic E-state index is 0. The molecule has 0 aliphatic rings. The van der Waals surface area contributed by atoms with Gasteiger partial charge in [-0.3, -0.25) is 0 Å². The quantitative estimate of drug-likeness (QED) is 0.533. The Labute approximate surface area is 84.3 Å². The summed E-state index contributed by atoms with van der Waals surface area (Å²) in [5.74, 6) is 0. The SMILES string of the molecule is CC[O-].C[C](C)(C)[Al+][C](C)(C)C. The van der Waals surface area contributed by atoms with Gasteiger partial charge >= 0.3 is 65.3 Å². The van der Waals surface area contributed by atoms with E-state index in [1.165, 1.54) is 0 Å². The second-order valence-corrected chi connectivity index (χ2v) is 8.92. The van der Waals surface area contributed by atoms with E-state index in [0.29, 0.717) is 23.8 Å². The van der Waals surface area contributed by atoms with Crippen LogP contribution < -0.4 is 5.11 Å². The van der Waals surface area contributed by atoms with Crippen molar-refractivity contribution in [3.05, 3.63) is 0 Å². The predicted molar refractivity (Wildman–Crippen MR) is 55.7 cm³/mol. The molecule has 0 heterocycles. The van der Waals surface area contributed by atoms with E-state index in [1.54, 1.807) is 6.92 Å². The second-order valence-electron chi connectivity index (χ2n) is 5.17. The standard InChI is InChI=1S/2C4H9.C2H5O.Al/c2*1-4(2)3;1-2-3;/h2*1-3H3;2H2,1H3;/q;;-1;+1. The summed E-state index contributed by atoms with van der Waals surface area (Å²) in [6.45, 7) is 15.5. The Balaban J connectivity index is 0. The van der Waals surface area contributed by atoms with Crippen molar-refractivity contribution in [3.8, 4) is 0 Å². The fourth-order valence-electron chi connectivity index (χ4n) is 1.30. The van der Waals surface area contributed by atoms with E-state index in [-0.39, 0.29) is 6.61 Å². The average molecular weight is 186 g/mol. The Kier molecular flexibility index (Phi) is 7.52. The molecule has 0 radical (unpaired) electrons. The van der Waals surface area contributed by atoms with Crippen molar-refractivity contribution in [3.63, 3.8) is 0 Å². The van der Waals surface area contributed by atoms with E-state index in [1.807, 2.05) is 0 Å². The Morgan fingerprint density at radius 1 is 0.917 bits per heavy atom. The molecule has 0 aliphatic heterocycles. The number of hydrogen-bond acceptors (Lipinski definition) is 1. The normalized spacial score (nSPS) is 11.3. The summed E-state index contributed by atoms with van der Waals surface area (Å²) in [5, 5.41) is 8.93. The van der Waals surface area contributed by atoms with Crippen LogP contribution in [0.25, 0.3) is 0 Å². The van der Waals surface area contributed by atoms with E-state index in [2.05, 4.69) is 41.5 Å². The first-order valence-electron chi connectivity index (χ1n) is 4.57. The summed E-state index contributed by atoms with van der Waals surface area (Å²) in [6, 6.07) is 0. The molecule has 0 amide bonds. The maximum absolute atomic E-state index is 8.93. The van der Waals surface area contributed by atoms with Crippen molar-refractivity contribution < 1.29 is 5.11 Å². The van der Waals surface area contributed by atoms with E-state index >= 15 is 0 Å². The van der Waals surface area contributed by atoms with Gasteiger partial charge in [-0.05, 0) is 0 Å². The zero-order valence-electron chi connectivity index (χ0n) is 9.69. The predicted octanol–water partition coefficient (Wildman–Crippen LogP) is 2.49. The molecular formula is C10H23AlO. The van der Waals surface area contributed by atoms with Crippen LogP contribution in [0.4, 0.5) is 0 Å². The van der Waals surface area contributed by atoms with Crippen molar-refractivity contribution in [2.24, 2.45) is 0 Å². The van der Waals surface area contributed by atoms with Crippen molar-refractivity contribution >= 4 is 15.2 Å². The molecule has 0 N–H and O–H groups in total. The van der Waals surface area contributed by atoms with Gasteiger partial charge in [-0.1, -0.05) is 6.92 Å². The fourth-order valence-corrected chi connectivity index (χ4v) is 3.90. The molecule has 0 aromatic rings.